The van der Waals surface area contributed by atoms with Gasteiger partial charge in [0.05, 0.1) is 0 Å². The summed E-state index contributed by atoms with van der Waals surface area (Å²) in [4.78, 5) is 0.282. The molecule has 3 nitrogen and oxygen atoms in total. The van der Waals surface area contributed by atoms with Crippen LogP contribution < -0.4 is 0 Å². The van der Waals surface area contributed by atoms with Gasteiger partial charge in [-0.05, 0) is 0 Å². The van der Waals surface area contributed by atoms with E-state index in [0.717, 1.165) is 18.9 Å². The molecule has 1 rings (SSSR count). The molecule has 0 fully saturated rings. The van der Waals surface area contributed by atoms with E-state index >= 15 is 0 Å². The van der Waals surface area contributed by atoms with E-state index in [4.69, 9.17) is 2.52 Å². The summed E-state index contributed by atoms with van der Waals surface area (Å²) in [6, 6.07) is 6.86. The van der Waals surface area contributed by atoms with Gasteiger partial charge in [0, 0.05) is 0 Å². The van der Waals surface area contributed by atoms with E-state index in [-0.39, 0.29) is 4.90 Å². The Kier molecular flexibility index (Phi) is 5.67. The predicted octanol–water partition coefficient (Wildman–Crippen LogP) is 3.71. The summed E-state index contributed by atoms with van der Waals surface area (Å²) in [6.45, 7) is 8.08. The van der Waals surface area contributed by atoms with Gasteiger partial charge in [0.15, 0.2) is 0 Å². The standard InChI is InChI=1S/C7H8O3S.3C2H5.Sn/c1-6-2-4-7(5-3-6)11(8,9)10;3*1-2;/h2-5H,1H3,(H,8,9,10);3*1H2,2H3;/q;;;;+1/p-1. The summed E-state index contributed by atoms with van der Waals surface area (Å²) in [6.07, 6.45) is 0. The van der Waals surface area contributed by atoms with Crippen molar-refractivity contribution < 1.29 is 10.9 Å². The maximum absolute atomic E-state index is 12.3. The van der Waals surface area contributed by atoms with Crippen LogP contribution in [0.2, 0.25) is 13.3 Å². The van der Waals surface area contributed by atoms with E-state index in [1.807, 2.05) is 27.7 Å². The Hall–Kier alpha value is -0.0713. The molecule has 0 N–H and O–H groups in total. The normalized spacial score (nSPS) is 12.7. The predicted molar refractivity (Wildman–Crippen MR) is 76.6 cm³/mol. The van der Waals surface area contributed by atoms with E-state index in [0.29, 0.717) is 0 Å². The minimum atomic E-state index is -3.58. The molecule has 18 heavy (non-hydrogen) atoms. The Morgan fingerprint density at radius 2 is 1.44 bits per heavy atom. The van der Waals surface area contributed by atoms with Crippen LogP contribution in [0.1, 0.15) is 26.3 Å². The Bertz CT molecular complexity index is 467. The molecule has 0 aliphatic rings. The van der Waals surface area contributed by atoms with E-state index < -0.39 is 28.9 Å². The molecule has 1 aromatic rings. The molecule has 0 saturated carbocycles. The molecule has 0 aliphatic heterocycles. The van der Waals surface area contributed by atoms with E-state index in [1.165, 1.54) is 0 Å². The second-order valence-corrected chi connectivity index (χ2v) is 20.4. The molecule has 0 amide bonds. The van der Waals surface area contributed by atoms with Gasteiger partial charge in [0.2, 0.25) is 0 Å². The minimum absolute atomic E-state index is 0.282. The molecule has 5 heteroatoms. The second-order valence-electron chi connectivity index (χ2n) is 4.59. The number of aryl methyl sites for hydroxylation is 1. The zero-order valence-corrected chi connectivity index (χ0v) is 15.2. The fraction of sp³-hybridized carbons (Fsp3) is 0.538. The fourth-order valence-electron chi connectivity index (χ4n) is 1.91. The van der Waals surface area contributed by atoms with Gasteiger partial charge in [-0.3, -0.25) is 0 Å². The van der Waals surface area contributed by atoms with E-state index in [9.17, 15) is 8.42 Å². The van der Waals surface area contributed by atoms with Crippen LogP contribution in [0.3, 0.4) is 0 Å². The van der Waals surface area contributed by atoms with Crippen LogP contribution in [0.4, 0.5) is 0 Å². The monoisotopic (exact) mass is 378 g/mol. The maximum atomic E-state index is 12.3. The Labute approximate surface area is 115 Å². The van der Waals surface area contributed by atoms with Crippen LogP contribution in [0.15, 0.2) is 29.2 Å². The molecule has 0 spiro atoms. The van der Waals surface area contributed by atoms with Gasteiger partial charge >= 0.3 is 116 Å². The third-order valence-corrected chi connectivity index (χ3v) is 20.9. The molecule has 0 heterocycles. The van der Waals surface area contributed by atoms with Gasteiger partial charge in [0.1, 0.15) is 0 Å². The van der Waals surface area contributed by atoms with Crippen LogP contribution in [-0.4, -0.2) is 27.2 Å². The molecule has 0 atom stereocenters. The molecule has 0 aromatic heterocycles. The van der Waals surface area contributed by atoms with Crippen molar-refractivity contribution in [1.82, 2.24) is 0 Å². The van der Waals surface area contributed by atoms with Crippen molar-refractivity contribution >= 4 is 28.9 Å². The van der Waals surface area contributed by atoms with Gasteiger partial charge in [-0.25, -0.2) is 0 Å². The first kappa shape index (κ1) is 16.0. The van der Waals surface area contributed by atoms with Crippen molar-refractivity contribution in [3.05, 3.63) is 29.8 Å². The second kappa shape index (κ2) is 6.39. The zero-order chi connectivity index (χ0) is 13.8. The van der Waals surface area contributed by atoms with Crippen LogP contribution in [0, 0.1) is 6.92 Å². The summed E-state index contributed by atoms with van der Waals surface area (Å²) in [5, 5.41) is 0. The van der Waals surface area contributed by atoms with Crippen molar-refractivity contribution in [3.8, 4) is 0 Å². The van der Waals surface area contributed by atoms with Gasteiger partial charge < -0.3 is 0 Å². The van der Waals surface area contributed by atoms with Crippen molar-refractivity contribution in [1.29, 1.82) is 0 Å². The third-order valence-electron chi connectivity index (χ3n) is 3.53. The summed E-state index contributed by atoms with van der Waals surface area (Å²) in [5.74, 6) is 0. The molecule has 0 aliphatic carbocycles. The van der Waals surface area contributed by atoms with Gasteiger partial charge in [0.25, 0.3) is 0 Å². The molecule has 0 radical (unpaired) electrons. The van der Waals surface area contributed by atoms with Gasteiger partial charge in [-0.2, -0.15) is 0 Å². The number of hydrogen-bond acceptors (Lipinski definition) is 3. The molecule has 0 unspecified atom stereocenters. The molecule has 0 bridgehead atoms. The Morgan fingerprint density at radius 1 is 1.00 bits per heavy atom. The summed E-state index contributed by atoms with van der Waals surface area (Å²) >= 11 is -2.93. The van der Waals surface area contributed by atoms with Crippen LogP contribution >= 0.6 is 0 Å². The molecular formula is C13H22O3SSn. The summed E-state index contributed by atoms with van der Waals surface area (Å²) < 4.78 is 32.9. The van der Waals surface area contributed by atoms with E-state index in [1.54, 1.807) is 24.3 Å². The molecule has 1 aromatic carbocycles. The van der Waals surface area contributed by atoms with E-state index in [2.05, 4.69) is 0 Å². The van der Waals surface area contributed by atoms with Crippen LogP contribution in [0.25, 0.3) is 0 Å². The van der Waals surface area contributed by atoms with Crippen molar-refractivity contribution in [2.24, 2.45) is 0 Å². The summed E-state index contributed by atoms with van der Waals surface area (Å²) in [5.41, 5.74) is 1.05. The number of hydrogen-bond donors (Lipinski definition) is 0. The quantitative estimate of drug-likeness (QED) is 0.711. The zero-order valence-electron chi connectivity index (χ0n) is 11.6. The van der Waals surface area contributed by atoms with Gasteiger partial charge in [-0.1, -0.05) is 0 Å². The SMILES string of the molecule is C[CH2][Sn]([CH2]C)([CH2]C)[O]S(=O)(=O)c1ccc(C)cc1. The molecular weight excluding hydrogens is 355 g/mol. The Balaban J connectivity index is 3.04. The number of benzene rings is 1. The first-order valence-corrected chi connectivity index (χ1v) is 15.0. The third kappa shape index (κ3) is 3.71. The Morgan fingerprint density at radius 3 is 1.83 bits per heavy atom. The van der Waals surface area contributed by atoms with Crippen LogP contribution in [-0.2, 0) is 12.6 Å². The average molecular weight is 377 g/mol. The first-order chi connectivity index (χ1) is 8.39. The van der Waals surface area contributed by atoms with Crippen molar-refractivity contribution in [2.75, 3.05) is 0 Å². The molecule has 0 saturated heterocycles. The van der Waals surface area contributed by atoms with Gasteiger partial charge in [-0.15, -0.1) is 0 Å². The fourth-order valence-corrected chi connectivity index (χ4v) is 15.4. The van der Waals surface area contributed by atoms with Crippen molar-refractivity contribution in [2.45, 2.75) is 45.9 Å². The topological polar surface area (TPSA) is 43.4 Å². The van der Waals surface area contributed by atoms with Crippen LogP contribution in [0.5, 0.6) is 0 Å². The first-order valence-electron chi connectivity index (χ1n) is 6.41. The average Bonchev–Trinajstić information content (AvgIpc) is 2.37. The van der Waals surface area contributed by atoms with Crippen molar-refractivity contribution in [3.63, 3.8) is 0 Å². The summed E-state index contributed by atoms with van der Waals surface area (Å²) in [7, 11) is -3.58. The number of rotatable bonds is 6. The molecule has 102 valence electrons.